The maximum absolute atomic E-state index is 12.6. The first-order chi connectivity index (χ1) is 15.6. The first-order valence-electron chi connectivity index (χ1n) is 11.3. The predicted molar refractivity (Wildman–Crippen MR) is 126 cm³/mol. The highest BCUT2D eigenvalue weighted by Gasteiger charge is 2.34. The van der Waals surface area contributed by atoms with Crippen molar-refractivity contribution in [1.82, 2.24) is 10.6 Å². The van der Waals surface area contributed by atoms with Crippen LogP contribution in [0.1, 0.15) is 51.2 Å². The fraction of sp³-hybridized carbons (Fsp3) is 0.423. The van der Waals surface area contributed by atoms with E-state index in [4.69, 9.17) is 4.74 Å². The van der Waals surface area contributed by atoms with E-state index >= 15 is 0 Å². The molecule has 7 nitrogen and oxygen atoms in total. The third kappa shape index (κ3) is 5.53. The minimum Gasteiger partial charge on any atom is -0.480 e. The summed E-state index contributed by atoms with van der Waals surface area (Å²) >= 11 is 0. The van der Waals surface area contributed by atoms with Crippen molar-refractivity contribution in [2.24, 2.45) is 11.3 Å². The van der Waals surface area contributed by atoms with E-state index in [-0.39, 0.29) is 19.1 Å². The lowest BCUT2D eigenvalue weighted by Gasteiger charge is -2.29. The number of aliphatic carboxylic acids is 1. The van der Waals surface area contributed by atoms with Gasteiger partial charge in [-0.15, -0.1) is 0 Å². The molecule has 0 spiro atoms. The van der Waals surface area contributed by atoms with Crippen molar-refractivity contribution in [2.45, 2.75) is 46.1 Å². The molecule has 0 fully saturated rings. The molecule has 0 radical (unpaired) electrons. The third-order valence-electron chi connectivity index (χ3n) is 6.10. The van der Waals surface area contributed by atoms with Gasteiger partial charge in [0.15, 0.2) is 0 Å². The van der Waals surface area contributed by atoms with E-state index in [0.717, 1.165) is 22.3 Å². The molecule has 0 aliphatic heterocycles. The minimum atomic E-state index is -1.09. The van der Waals surface area contributed by atoms with Gasteiger partial charge in [-0.25, -0.2) is 9.59 Å². The maximum atomic E-state index is 12.6. The van der Waals surface area contributed by atoms with Crippen LogP contribution >= 0.6 is 0 Å². The molecule has 0 aromatic heterocycles. The van der Waals surface area contributed by atoms with E-state index < -0.39 is 35.3 Å². The van der Waals surface area contributed by atoms with Crippen molar-refractivity contribution < 1.29 is 24.2 Å². The van der Waals surface area contributed by atoms with Crippen molar-refractivity contribution in [1.29, 1.82) is 0 Å². The van der Waals surface area contributed by atoms with E-state index in [2.05, 4.69) is 22.8 Å². The Hall–Kier alpha value is -3.35. The summed E-state index contributed by atoms with van der Waals surface area (Å²) in [5.41, 5.74) is 3.91. The molecule has 2 atom stereocenters. The van der Waals surface area contributed by atoms with Crippen molar-refractivity contribution in [3.63, 3.8) is 0 Å². The Morgan fingerprint density at radius 2 is 1.55 bits per heavy atom. The second-order valence-corrected chi connectivity index (χ2v) is 9.46. The topological polar surface area (TPSA) is 105 Å². The average molecular weight is 453 g/mol. The van der Waals surface area contributed by atoms with Crippen LogP contribution in [0.3, 0.4) is 0 Å². The molecule has 0 saturated carbocycles. The number of fused-ring (bicyclic) bond motifs is 3. The van der Waals surface area contributed by atoms with Gasteiger partial charge in [0.05, 0.1) is 5.92 Å². The van der Waals surface area contributed by atoms with Crippen LogP contribution in [0, 0.1) is 11.3 Å². The highest BCUT2D eigenvalue weighted by Crippen LogP contribution is 2.44. The Morgan fingerprint density at radius 3 is 2.03 bits per heavy atom. The molecule has 0 heterocycles. The molecule has 3 N–H and O–H groups in total. The number of benzene rings is 2. The molecule has 176 valence electrons. The van der Waals surface area contributed by atoms with Gasteiger partial charge in [-0.05, 0) is 34.1 Å². The number of ether oxygens (including phenoxy) is 1. The van der Waals surface area contributed by atoms with Crippen LogP contribution in [-0.4, -0.2) is 42.3 Å². The Labute approximate surface area is 194 Å². The zero-order chi connectivity index (χ0) is 24.2. The standard InChI is InChI=1S/C26H32N2O5/c1-5-16(23(29)28-22(24(30)31)26(2,3)4)14-27-25(32)33-15-21-19-12-8-6-10-17(19)18-11-7-9-13-20(18)21/h6-13,16,21-22H,5,14-15H2,1-4H3,(H,27,32)(H,28,29)(H,30,31)/t16?,22-/m0/s1. The van der Waals surface area contributed by atoms with Crippen molar-refractivity contribution in [2.75, 3.05) is 13.2 Å². The van der Waals surface area contributed by atoms with Crippen LogP contribution in [0.15, 0.2) is 48.5 Å². The lowest BCUT2D eigenvalue weighted by atomic mass is 9.86. The summed E-state index contributed by atoms with van der Waals surface area (Å²) in [7, 11) is 0. The van der Waals surface area contributed by atoms with Gasteiger partial charge < -0.3 is 20.5 Å². The van der Waals surface area contributed by atoms with Crippen LogP contribution < -0.4 is 10.6 Å². The van der Waals surface area contributed by atoms with Gasteiger partial charge in [0.25, 0.3) is 0 Å². The number of carboxylic acids is 1. The molecule has 0 saturated heterocycles. The predicted octanol–water partition coefficient (Wildman–Crippen LogP) is 4.17. The molecule has 1 aliphatic carbocycles. The van der Waals surface area contributed by atoms with E-state index in [1.165, 1.54) is 0 Å². The van der Waals surface area contributed by atoms with Crippen molar-refractivity contribution in [3.05, 3.63) is 59.7 Å². The zero-order valence-electron chi connectivity index (χ0n) is 19.6. The number of carbonyl (C=O) groups excluding carboxylic acids is 2. The molecule has 2 amide bonds. The molecule has 1 aliphatic rings. The van der Waals surface area contributed by atoms with Crippen LogP contribution in [0.25, 0.3) is 11.1 Å². The first kappa shape index (κ1) is 24.3. The molecular weight excluding hydrogens is 420 g/mol. The van der Waals surface area contributed by atoms with E-state index in [0.29, 0.717) is 6.42 Å². The number of alkyl carbamates (subject to hydrolysis) is 1. The van der Waals surface area contributed by atoms with Crippen LogP contribution in [0.4, 0.5) is 4.79 Å². The van der Waals surface area contributed by atoms with Gasteiger partial charge in [0.1, 0.15) is 12.6 Å². The number of nitrogens with one attached hydrogen (secondary N) is 2. The van der Waals surface area contributed by atoms with Gasteiger partial charge in [-0.1, -0.05) is 76.2 Å². The minimum absolute atomic E-state index is 0.0449. The lowest BCUT2D eigenvalue weighted by molar-refractivity contribution is -0.145. The Balaban J connectivity index is 1.57. The lowest BCUT2D eigenvalue weighted by Crippen LogP contribution is -2.52. The molecule has 2 aromatic rings. The molecule has 1 unspecified atom stereocenters. The molecule has 7 heteroatoms. The third-order valence-corrected chi connectivity index (χ3v) is 6.10. The van der Waals surface area contributed by atoms with Crippen LogP contribution in [0.5, 0.6) is 0 Å². The first-order valence-corrected chi connectivity index (χ1v) is 11.3. The molecule has 33 heavy (non-hydrogen) atoms. The number of carbonyl (C=O) groups is 3. The van der Waals surface area contributed by atoms with Gasteiger partial charge in [-0.3, -0.25) is 4.79 Å². The monoisotopic (exact) mass is 452 g/mol. The van der Waals surface area contributed by atoms with Crippen LogP contribution in [-0.2, 0) is 14.3 Å². The van der Waals surface area contributed by atoms with Crippen LogP contribution in [0.2, 0.25) is 0 Å². The van der Waals surface area contributed by atoms with Gasteiger partial charge in [-0.2, -0.15) is 0 Å². The molecule has 2 aromatic carbocycles. The Bertz CT molecular complexity index is 982. The quantitative estimate of drug-likeness (QED) is 0.558. The SMILES string of the molecule is CCC(CNC(=O)OCC1c2ccccc2-c2ccccc21)C(=O)N[C@@H](C(=O)O)C(C)(C)C. The van der Waals surface area contributed by atoms with Gasteiger partial charge >= 0.3 is 12.1 Å². The molecular formula is C26H32N2O5. The number of rotatable bonds is 8. The number of carboxylic acid groups (broad SMARTS) is 1. The van der Waals surface area contributed by atoms with E-state index in [1.807, 2.05) is 43.3 Å². The molecule has 0 bridgehead atoms. The van der Waals surface area contributed by atoms with Gasteiger partial charge in [0, 0.05) is 12.5 Å². The fourth-order valence-electron chi connectivity index (χ4n) is 4.19. The van der Waals surface area contributed by atoms with E-state index in [9.17, 15) is 19.5 Å². The van der Waals surface area contributed by atoms with Crippen molar-refractivity contribution >= 4 is 18.0 Å². The summed E-state index contributed by atoms with van der Waals surface area (Å²) in [5.74, 6) is -2.10. The number of hydrogen-bond donors (Lipinski definition) is 3. The summed E-state index contributed by atoms with van der Waals surface area (Å²) in [6.45, 7) is 7.33. The summed E-state index contributed by atoms with van der Waals surface area (Å²) in [6.07, 6.45) is -0.153. The van der Waals surface area contributed by atoms with E-state index in [1.54, 1.807) is 20.8 Å². The number of hydrogen-bond acceptors (Lipinski definition) is 4. The second-order valence-electron chi connectivity index (χ2n) is 9.46. The number of amides is 2. The summed E-state index contributed by atoms with van der Waals surface area (Å²) in [4.78, 5) is 36.6. The molecule has 3 rings (SSSR count). The fourth-order valence-corrected chi connectivity index (χ4v) is 4.19. The smallest absolute Gasteiger partial charge is 0.407 e. The largest absolute Gasteiger partial charge is 0.480 e. The average Bonchev–Trinajstić information content (AvgIpc) is 3.09. The summed E-state index contributed by atoms with van der Waals surface area (Å²) < 4.78 is 5.51. The highest BCUT2D eigenvalue weighted by atomic mass is 16.5. The normalized spacial score (nSPS) is 14.5. The zero-order valence-corrected chi connectivity index (χ0v) is 19.6. The highest BCUT2D eigenvalue weighted by molar-refractivity contribution is 5.86. The Kier molecular flexibility index (Phi) is 7.41. The van der Waals surface area contributed by atoms with Gasteiger partial charge in [0.2, 0.25) is 5.91 Å². The summed E-state index contributed by atoms with van der Waals surface area (Å²) in [5, 5.41) is 14.7. The Morgan fingerprint density at radius 1 is 1.00 bits per heavy atom. The summed E-state index contributed by atoms with van der Waals surface area (Å²) in [6, 6.07) is 15.2. The second kappa shape index (κ2) is 10.1. The van der Waals surface area contributed by atoms with Crippen molar-refractivity contribution in [3.8, 4) is 11.1 Å². The maximum Gasteiger partial charge on any atom is 0.407 e.